The fourth-order valence-electron chi connectivity index (χ4n) is 4.23. The molecule has 2 aromatic carbocycles. The summed E-state index contributed by atoms with van der Waals surface area (Å²) in [4.78, 5) is 37.8. The van der Waals surface area contributed by atoms with Crippen LogP contribution in [0.25, 0.3) is 0 Å². The molecule has 1 aliphatic heterocycles. The van der Waals surface area contributed by atoms with E-state index in [4.69, 9.17) is 14.6 Å². The van der Waals surface area contributed by atoms with E-state index in [1.165, 1.54) is 30.3 Å². The first-order valence-corrected chi connectivity index (χ1v) is 13.0. The summed E-state index contributed by atoms with van der Waals surface area (Å²) in [6.07, 6.45) is -1.95. The maximum Gasteiger partial charge on any atom is 0.490 e. The van der Waals surface area contributed by atoms with Crippen LogP contribution in [0.15, 0.2) is 42.5 Å². The summed E-state index contributed by atoms with van der Waals surface area (Å²) in [6, 6.07) is 10.6. The molecule has 1 fully saturated rings. The summed E-state index contributed by atoms with van der Waals surface area (Å²) >= 11 is 0. The Kier molecular flexibility index (Phi) is 12.5. The Labute approximate surface area is 235 Å². The number of piperidine rings is 1. The highest BCUT2D eigenvalue weighted by Gasteiger charge is 2.38. The molecule has 0 radical (unpaired) electrons. The molecule has 0 aliphatic carbocycles. The highest BCUT2D eigenvalue weighted by Crippen LogP contribution is 2.28. The van der Waals surface area contributed by atoms with Gasteiger partial charge >= 0.3 is 18.1 Å². The maximum atomic E-state index is 13.1. The van der Waals surface area contributed by atoms with Crippen molar-refractivity contribution in [2.24, 2.45) is 0 Å². The predicted molar refractivity (Wildman–Crippen MR) is 145 cm³/mol. The molecule has 41 heavy (non-hydrogen) atoms. The van der Waals surface area contributed by atoms with Crippen LogP contribution in [-0.4, -0.2) is 84.6 Å². The molecule has 2 aromatic rings. The van der Waals surface area contributed by atoms with Gasteiger partial charge in [0.05, 0.1) is 17.4 Å². The van der Waals surface area contributed by atoms with Gasteiger partial charge in [-0.3, -0.25) is 4.79 Å². The van der Waals surface area contributed by atoms with Gasteiger partial charge in [-0.2, -0.15) is 13.2 Å². The zero-order chi connectivity index (χ0) is 30.7. The van der Waals surface area contributed by atoms with Gasteiger partial charge in [-0.1, -0.05) is 0 Å². The number of benzene rings is 2. The van der Waals surface area contributed by atoms with Gasteiger partial charge in [0, 0.05) is 43.5 Å². The molecule has 3 N–H and O–H groups in total. The number of carbonyl (C=O) groups excluding carboxylic acids is 1. The Morgan fingerprint density at radius 2 is 1.66 bits per heavy atom. The second-order valence-corrected chi connectivity index (χ2v) is 9.77. The lowest BCUT2D eigenvalue weighted by atomic mass is 10.0. The number of carboxylic acid groups (broad SMARTS) is 2. The van der Waals surface area contributed by atoms with E-state index in [9.17, 15) is 32.3 Å². The first kappa shape index (κ1) is 33.5. The Hall–Kier alpha value is -3.71. The molecule has 0 spiro atoms. The minimum atomic E-state index is -5.08. The Bertz CT molecular complexity index is 1170. The molecule has 0 aromatic heterocycles. The second kappa shape index (κ2) is 15.3. The van der Waals surface area contributed by atoms with Crippen LogP contribution in [0.1, 0.15) is 53.8 Å². The Morgan fingerprint density at radius 1 is 1.07 bits per heavy atom. The number of carbonyl (C=O) groups is 3. The molecular weight excluding hydrogens is 550 g/mol. The van der Waals surface area contributed by atoms with E-state index in [1.807, 2.05) is 13.8 Å². The highest BCUT2D eigenvalue weighted by atomic mass is 19.4. The van der Waals surface area contributed by atoms with Gasteiger partial charge in [-0.15, -0.1) is 0 Å². The van der Waals surface area contributed by atoms with Crippen molar-refractivity contribution in [1.29, 1.82) is 0 Å². The van der Waals surface area contributed by atoms with E-state index in [1.54, 1.807) is 12.1 Å². The molecule has 3 rings (SSSR count). The minimum absolute atomic E-state index is 0.148. The molecule has 0 unspecified atom stereocenters. The van der Waals surface area contributed by atoms with Gasteiger partial charge in [0.25, 0.3) is 5.91 Å². The summed E-state index contributed by atoms with van der Waals surface area (Å²) in [5.74, 6) is -4.65. The van der Waals surface area contributed by atoms with Gasteiger partial charge in [-0.25, -0.2) is 14.0 Å². The second-order valence-electron chi connectivity index (χ2n) is 9.77. The highest BCUT2D eigenvalue weighted by molar-refractivity contribution is 6.05. The van der Waals surface area contributed by atoms with E-state index >= 15 is 0 Å². The number of halogens is 4. The number of hydrogen-bond acceptors (Lipinski definition) is 6. The summed E-state index contributed by atoms with van der Waals surface area (Å²) in [5, 5.41) is 19.6. The van der Waals surface area contributed by atoms with Crippen molar-refractivity contribution in [2.45, 2.75) is 51.4 Å². The Morgan fingerprint density at radius 3 is 2.17 bits per heavy atom. The molecule has 0 bridgehead atoms. The van der Waals surface area contributed by atoms with Gasteiger partial charge in [0.1, 0.15) is 5.82 Å². The third kappa shape index (κ3) is 11.0. The number of nitrogens with one attached hydrogen (secondary N) is 1. The number of alkyl halides is 3. The third-order valence-corrected chi connectivity index (χ3v) is 6.37. The van der Waals surface area contributed by atoms with Crippen LogP contribution < -0.4 is 10.2 Å². The van der Waals surface area contributed by atoms with Crippen LogP contribution in [0.3, 0.4) is 0 Å². The van der Waals surface area contributed by atoms with Crippen LogP contribution in [0, 0.1) is 5.82 Å². The number of ether oxygens (including phenoxy) is 1. The fourth-order valence-corrected chi connectivity index (χ4v) is 4.23. The third-order valence-electron chi connectivity index (χ3n) is 6.37. The Balaban J connectivity index is 0.000000745. The molecule has 13 heteroatoms. The number of anilines is 2. The quantitative estimate of drug-likeness (QED) is 0.260. The lowest BCUT2D eigenvalue weighted by Crippen LogP contribution is -2.44. The molecule has 1 aliphatic rings. The van der Waals surface area contributed by atoms with Crippen molar-refractivity contribution in [3.8, 4) is 0 Å². The normalized spacial score (nSPS) is 14.0. The lowest BCUT2D eigenvalue weighted by molar-refractivity contribution is -0.192. The van der Waals surface area contributed by atoms with Crippen molar-refractivity contribution in [3.63, 3.8) is 0 Å². The van der Waals surface area contributed by atoms with E-state index in [2.05, 4.69) is 22.2 Å². The maximum absolute atomic E-state index is 13.1. The van der Waals surface area contributed by atoms with Crippen molar-refractivity contribution in [1.82, 2.24) is 4.90 Å². The topological polar surface area (TPSA) is 119 Å². The summed E-state index contributed by atoms with van der Waals surface area (Å²) in [5.41, 5.74) is 1.48. The number of nitrogens with zero attached hydrogens (tertiary/aromatic N) is 2. The van der Waals surface area contributed by atoms with Gasteiger partial charge < -0.3 is 30.1 Å². The van der Waals surface area contributed by atoms with Crippen LogP contribution in [-0.2, 0) is 9.53 Å². The smallest absolute Gasteiger partial charge is 0.478 e. The lowest BCUT2D eigenvalue weighted by Gasteiger charge is -2.38. The van der Waals surface area contributed by atoms with Crippen molar-refractivity contribution in [2.75, 3.05) is 43.5 Å². The molecule has 1 saturated heterocycles. The van der Waals surface area contributed by atoms with E-state index in [-0.39, 0.29) is 11.7 Å². The molecule has 0 saturated carbocycles. The molecule has 1 heterocycles. The average Bonchev–Trinajstić information content (AvgIpc) is 2.91. The van der Waals surface area contributed by atoms with Gasteiger partial charge in [0.2, 0.25) is 0 Å². The number of hydrogen-bond donors (Lipinski definition) is 3. The van der Waals surface area contributed by atoms with Crippen LogP contribution in [0.4, 0.5) is 28.9 Å². The standard InChI is InChI=1S/C26H34FN3O4.C2HF3O2/c1-18(2)34-16-4-13-29(3)22-11-14-30(15-12-22)24-10-9-21(17-23(24)26(32)33)28-25(31)19-5-7-20(27)8-6-19;3-2(4,5)1(6)7/h5-10,17-18,22H,4,11-16H2,1-3H3,(H,28,31)(H,32,33);(H,6,7). The number of rotatable bonds is 10. The van der Waals surface area contributed by atoms with Gasteiger partial charge in [0.15, 0.2) is 0 Å². The van der Waals surface area contributed by atoms with Crippen molar-refractivity contribution >= 4 is 29.2 Å². The molecular formula is C28H35F4N3O6. The van der Waals surface area contributed by atoms with Crippen LogP contribution in [0.5, 0.6) is 0 Å². The molecule has 226 valence electrons. The van der Waals surface area contributed by atoms with Crippen molar-refractivity contribution < 1.29 is 46.9 Å². The number of aromatic carboxylic acids is 1. The number of amides is 1. The van der Waals surface area contributed by atoms with Crippen LogP contribution >= 0.6 is 0 Å². The SMILES string of the molecule is CC(C)OCCCN(C)C1CCN(c2ccc(NC(=O)c3ccc(F)cc3)cc2C(=O)O)CC1.O=C(O)C(F)(F)F. The van der Waals surface area contributed by atoms with E-state index in [0.717, 1.165) is 45.5 Å². The number of aliphatic carboxylic acids is 1. The molecule has 1 amide bonds. The summed E-state index contributed by atoms with van der Waals surface area (Å²) < 4.78 is 50.5. The molecule has 0 atom stereocenters. The van der Waals surface area contributed by atoms with E-state index < -0.39 is 29.8 Å². The average molecular weight is 586 g/mol. The first-order valence-electron chi connectivity index (χ1n) is 13.0. The number of carboxylic acids is 2. The molecule has 9 nitrogen and oxygen atoms in total. The predicted octanol–water partition coefficient (Wildman–Crippen LogP) is 5.13. The monoisotopic (exact) mass is 585 g/mol. The van der Waals surface area contributed by atoms with Gasteiger partial charge in [-0.05, 0) is 82.6 Å². The fraction of sp³-hybridized carbons (Fsp3) is 0.464. The zero-order valence-electron chi connectivity index (χ0n) is 23.1. The van der Waals surface area contributed by atoms with Crippen molar-refractivity contribution in [3.05, 3.63) is 59.4 Å². The zero-order valence-corrected chi connectivity index (χ0v) is 23.1. The largest absolute Gasteiger partial charge is 0.490 e. The summed E-state index contributed by atoms with van der Waals surface area (Å²) in [7, 11) is 2.14. The summed E-state index contributed by atoms with van der Waals surface area (Å²) in [6.45, 7) is 7.33. The minimum Gasteiger partial charge on any atom is -0.478 e. The van der Waals surface area contributed by atoms with E-state index in [0.29, 0.717) is 23.0 Å². The first-order chi connectivity index (χ1) is 19.2. The van der Waals surface area contributed by atoms with Crippen LogP contribution in [0.2, 0.25) is 0 Å².